The summed E-state index contributed by atoms with van der Waals surface area (Å²) in [5, 5.41) is 0. The van der Waals surface area contributed by atoms with Crippen molar-refractivity contribution in [3.63, 3.8) is 0 Å². The molecule has 0 radical (unpaired) electrons. The number of hydrogen-bond donors (Lipinski definition) is 1. The fourth-order valence-corrected chi connectivity index (χ4v) is 2.18. The molecule has 1 amide bonds. The summed E-state index contributed by atoms with van der Waals surface area (Å²) < 4.78 is 0. The van der Waals surface area contributed by atoms with E-state index in [2.05, 4.69) is 6.92 Å². The molecule has 0 saturated heterocycles. The summed E-state index contributed by atoms with van der Waals surface area (Å²) in [6.07, 6.45) is 4.20. The van der Waals surface area contributed by atoms with Gasteiger partial charge in [-0.15, -0.1) is 0 Å². The Morgan fingerprint density at radius 1 is 1.41 bits per heavy atom. The number of nitrogens with two attached hydrogens (primary N) is 1. The Labute approximate surface area is 103 Å². The summed E-state index contributed by atoms with van der Waals surface area (Å²) in [7, 11) is 0. The third kappa shape index (κ3) is 2.43. The molecule has 0 unspecified atom stereocenters. The van der Waals surface area contributed by atoms with Crippen molar-refractivity contribution in [1.82, 2.24) is 0 Å². The second-order valence-corrected chi connectivity index (χ2v) is 4.68. The summed E-state index contributed by atoms with van der Waals surface area (Å²) in [4.78, 5) is 14.2. The van der Waals surface area contributed by atoms with Crippen molar-refractivity contribution in [3.05, 3.63) is 24.3 Å². The highest BCUT2D eigenvalue weighted by Crippen LogP contribution is 2.32. The van der Waals surface area contributed by atoms with E-state index < -0.39 is 0 Å². The number of carbonyl (C=O) groups excluding carboxylic acids is 1. The van der Waals surface area contributed by atoms with Crippen LogP contribution in [0.15, 0.2) is 24.3 Å². The third-order valence-electron chi connectivity index (χ3n) is 3.40. The number of nitrogens with zero attached hydrogens (tertiary/aromatic N) is 1. The summed E-state index contributed by atoms with van der Waals surface area (Å²) >= 11 is 0. The molecule has 17 heavy (non-hydrogen) atoms. The third-order valence-corrected chi connectivity index (χ3v) is 3.40. The lowest BCUT2D eigenvalue weighted by atomic mass is 9.84. The minimum atomic E-state index is 0.223. The summed E-state index contributed by atoms with van der Waals surface area (Å²) in [6, 6.07) is 7.62. The van der Waals surface area contributed by atoms with Crippen molar-refractivity contribution in [2.45, 2.75) is 32.6 Å². The van der Waals surface area contributed by atoms with E-state index in [0.29, 0.717) is 5.69 Å². The predicted octanol–water partition coefficient (Wildman–Crippen LogP) is 2.81. The van der Waals surface area contributed by atoms with Crippen molar-refractivity contribution in [3.8, 4) is 0 Å². The highest BCUT2D eigenvalue weighted by molar-refractivity contribution is 5.98. The topological polar surface area (TPSA) is 46.3 Å². The second-order valence-electron chi connectivity index (χ2n) is 4.68. The van der Waals surface area contributed by atoms with Crippen LogP contribution in [-0.4, -0.2) is 12.5 Å². The van der Waals surface area contributed by atoms with Crippen LogP contribution >= 0.6 is 0 Å². The Kier molecular flexibility index (Phi) is 3.67. The SMILES string of the molecule is CCCN(C(=O)C1CCC1)c1ccccc1N. The van der Waals surface area contributed by atoms with E-state index in [0.717, 1.165) is 31.5 Å². The first-order valence-electron chi connectivity index (χ1n) is 6.40. The van der Waals surface area contributed by atoms with Crippen molar-refractivity contribution in [2.75, 3.05) is 17.2 Å². The Morgan fingerprint density at radius 3 is 2.65 bits per heavy atom. The zero-order valence-electron chi connectivity index (χ0n) is 10.4. The lowest BCUT2D eigenvalue weighted by Crippen LogP contribution is -2.39. The van der Waals surface area contributed by atoms with Crippen LogP contribution < -0.4 is 10.6 Å². The first kappa shape index (κ1) is 12.0. The number of para-hydroxylation sites is 2. The predicted molar refractivity (Wildman–Crippen MR) is 70.8 cm³/mol. The molecule has 1 aromatic carbocycles. The smallest absolute Gasteiger partial charge is 0.230 e. The van der Waals surface area contributed by atoms with Gasteiger partial charge in [0.25, 0.3) is 0 Å². The second kappa shape index (κ2) is 5.21. The van der Waals surface area contributed by atoms with Crippen LogP contribution in [0.3, 0.4) is 0 Å². The van der Waals surface area contributed by atoms with Gasteiger partial charge in [-0.05, 0) is 31.4 Å². The molecule has 1 aromatic rings. The maximum atomic E-state index is 12.3. The zero-order chi connectivity index (χ0) is 12.3. The Balaban J connectivity index is 2.21. The minimum Gasteiger partial charge on any atom is -0.397 e. The van der Waals surface area contributed by atoms with Gasteiger partial charge in [-0.2, -0.15) is 0 Å². The fraction of sp³-hybridized carbons (Fsp3) is 0.500. The minimum absolute atomic E-state index is 0.223. The molecule has 1 aliphatic carbocycles. The van der Waals surface area contributed by atoms with Crippen LogP contribution in [0, 0.1) is 5.92 Å². The van der Waals surface area contributed by atoms with Crippen LogP contribution in [0.5, 0.6) is 0 Å². The van der Waals surface area contributed by atoms with Crippen molar-refractivity contribution in [2.24, 2.45) is 5.92 Å². The molecule has 2 rings (SSSR count). The van der Waals surface area contributed by atoms with Gasteiger partial charge in [-0.3, -0.25) is 4.79 Å². The van der Waals surface area contributed by atoms with Crippen molar-refractivity contribution in [1.29, 1.82) is 0 Å². The standard InChI is InChI=1S/C14H20N2O/c1-2-10-16(14(17)11-6-5-7-11)13-9-4-3-8-12(13)15/h3-4,8-9,11H,2,5-7,10,15H2,1H3. The van der Waals surface area contributed by atoms with Gasteiger partial charge in [0, 0.05) is 12.5 Å². The number of rotatable bonds is 4. The number of carbonyl (C=O) groups is 1. The van der Waals surface area contributed by atoms with Gasteiger partial charge in [0.15, 0.2) is 0 Å². The van der Waals surface area contributed by atoms with Crippen molar-refractivity contribution < 1.29 is 4.79 Å². The Hall–Kier alpha value is -1.51. The van der Waals surface area contributed by atoms with Gasteiger partial charge in [-0.25, -0.2) is 0 Å². The van der Waals surface area contributed by atoms with Gasteiger partial charge in [0.2, 0.25) is 5.91 Å². The van der Waals surface area contributed by atoms with E-state index in [1.807, 2.05) is 29.2 Å². The molecule has 0 aromatic heterocycles. The number of anilines is 2. The molecule has 0 bridgehead atoms. The van der Waals surface area contributed by atoms with E-state index >= 15 is 0 Å². The highest BCUT2D eigenvalue weighted by atomic mass is 16.2. The first-order valence-corrected chi connectivity index (χ1v) is 6.40. The quantitative estimate of drug-likeness (QED) is 0.811. The molecule has 92 valence electrons. The number of benzene rings is 1. The van der Waals surface area contributed by atoms with Crippen LogP contribution in [0.25, 0.3) is 0 Å². The average Bonchev–Trinajstić information content (AvgIpc) is 2.24. The normalized spacial score (nSPS) is 15.4. The molecule has 0 aliphatic heterocycles. The summed E-state index contributed by atoms with van der Waals surface area (Å²) in [5.41, 5.74) is 7.51. The van der Waals surface area contributed by atoms with Gasteiger partial charge in [0.1, 0.15) is 0 Å². The molecule has 2 N–H and O–H groups in total. The molecule has 0 spiro atoms. The largest absolute Gasteiger partial charge is 0.397 e. The summed E-state index contributed by atoms with van der Waals surface area (Å²) in [6.45, 7) is 2.84. The monoisotopic (exact) mass is 232 g/mol. The molecule has 1 saturated carbocycles. The van der Waals surface area contributed by atoms with E-state index in [-0.39, 0.29) is 11.8 Å². The van der Waals surface area contributed by atoms with Crippen LogP contribution in [0.4, 0.5) is 11.4 Å². The highest BCUT2D eigenvalue weighted by Gasteiger charge is 2.30. The van der Waals surface area contributed by atoms with Crippen LogP contribution in [0.1, 0.15) is 32.6 Å². The van der Waals surface area contributed by atoms with E-state index in [1.165, 1.54) is 6.42 Å². The van der Waals surface area contributed by atoms with E-state index in [1.54, 1.807) is 0 Å². The molecule has 0 atom stereocenters. The Morgan fingerprint density at radius 2 is 2.12 bits per heavy atom. The van der Waals surface area contributed by atoms with E-state index in [4.69, 9.17) is 5.73 Å². The van der Waals surface area contributed by atoms with Crippen molar-refractivity contribution >= 4 is 17.3 Å². The first-order chi connectivity index (χ1) is 8.24. The molecule has 3 nitrogen and oxygen atoms in total. The number of nitrogen functional groups attached to an aromatic ring is 1. The molecule has 1 aliphatic rings. The zero-order valence-corrected chi connectivity index (χ0v) is 10.4. The van der Waals surface area contributed by atoms with Gasteiger partial charge in [0.05, 0.1) is 11.4 Å². The molecule has 3 heteroatoms. The lowest BCUT2D eigenvalue weighted by Gasteiger charge is -2.32. The molecular weight excluding hydrogens is 212 g/mol. The van der Waals surface area contributed by atoms with Gasteiger partial charge >= 0.3 is 0 Å². The number of amides is 1. The maximum Gasteiger partial charge on any atom is 0.230 e. The van der Waals surface area contributed by atoms with Gasteiger partial charge < -0.3 is 10.6 Å². The number of hydrogen-bond acceptors (Lipinski definition) is 2. The summed E-state index contributed by atoms with van der Waals surface area (Å²) in [5.74, 6) is 0.470. The Bertz CT molecular complexity index is 399. The van der Waals surface area contributed by atoms with Crippen LogP contribution in [0.2, 0.25) is 0 Å². The van der Waals surface area contributed by atoms with E-state index in [9.17, 15) is 4.79 Å². The van der Waals surface area contributed by atoms with Crippen LogP contribution in [-0.2, 0) is 4.79 Å². The lowest BCUT2D eigenvalue weighted by molar-refractivity contribution is -0.124. The maximum absolute atomic E-state index is 12.3. The molecule has 1 fully saturated rings. The average molecular weight is 232 g/mol. The van der Waals surface area contributed by atoms with Gasteiger partial charge in [-0.1, -0.05) is 25.5 Å². The fourth-order valence-electron chi connectivity index (χ4n) is 2.18. The molecule has 0 heterocycles. The molecular formula is C14H20N2O.